The van der Waals surface area contributed by atoms with Gasteiger partial charge in [0.2, 0.25) is 0 Å². The summed E-state index contributed by atoms with van der Waals surface area (Å²) in [5.74, 6) is -0.645. The number of aryl methyl sites for hydroxylation is 1. The quantitative estimate of drug-likeness (QED) is 0.434. The highest BCUT2D eigenvalue weighted by atomic mass is 35.5. The van der Waals surface area contributed by atoms with Crippen molar-refractivity contribution in [2.75, 3.05) is 36.2 Å². The van der Waals surface area contributed by atoms with Crippen LogP contribution in [0.1, 0.15) is 29.9 Å². The normalized spacial score (nSPS) is 16.4. The van der Waals surface area contributed by atoms with Gasteiger partial charge in [-0.2, -0.15) is 0 Å². The van der Waals surface area contributed by atoms with Crippen molar-refractivity contribution in [2.24, 2.45) is 0 Å². The fourth-order valence-electron chi connectivity index (χ4n) is 4.65. The number of hydrogen-bond acceptors (Lipinski definition) is 8. The molecule has 0 atom stereocenters. The Bertz CT molecular complexity index is 1530. The molecule has 3 aromatic rings. The minimum atomic E-state index is -3.64. The van der Waals surface area contributed by atoms with E-state index in [1.165, 1.54) is 19.2 Å². The maximum Gasteiger partial charge on any atom is 0.309 e. The van der Waals surface area contributed by atoms with Crippen LogP contribution in [0.25, 0.3) is 5.57 Å². The molecule has 198 valence electrons. The van der Waals surface area contributed by atoms with Crippen molar-refractivity contribution in [1.82, 2.24) is 9.97 Å². The number of nitrogens with zero attached hydrogens (tertiary/aromatic N) is 3. The van der Waals surface area contributed by atoms with Crippen LogP contribution in [0, 0.1) is 5.82 Å². The lowest BCUT2D eigenvalue weighted by Gasteiger charge is -2.28. The van der Waals surface area contributed by atoms with E-state index in [0.717, 1.165) is 17.8 Å². The van der Waals surface area contributed by atoms with Crippen LogP contribution >= 0.6 is 11.6 Å². The van der Waals surface area contributed by atoms with E-state index in [4.69, 9.17) is 11.6 Å². The van der Waals surface area contributed by atoms with Gasteiger partial charge in [0, 0.05) is 23.8 Å². The number of hydrogen-bond donors (Lipinski definition) is 1. The lowest BCUT2D eigenvalue weighted by atomic mass is 10.1. The van der Waals surface area contributed by atoms with E-state index in [-0.39, 0.29) is 28.6 Å². The molecule has 8 nitrogen and oxygen atoms in total. The number of anilines is 3. The Kier molecular flexibility index (Phi) is 7.36. The summed E-state index contributed by atoms with van der Waals surface area (Å²) in [5, 5.41) is 3.57. The molecule has 2 aromatic carbocycles. The molecule has 0 bridgehead atoms. The standard InChI is InChI=1S/C27H26ClFN4O4S/c1-37-24(34)16-17-4-9-22(21(29)15-17)30-27-25-23(3-2-14-38(25,35)36)31-26(32-27)18-10-12-33(13-11-18)20-7-5-19(28)6-8-20/h4-10,15H,2-3,11-14,16H2,1H3,(H,30,31,32). The summed E-state index contributed by atoms with van der Waals surface area (Å²) in [6.07, 6.45) is 3.57. The van der Waals surface area contributed by atoms with E-state index in [0.29, 0.717) is 47.9 Å². The van der Waals surface area contributed by atoms with E-state index < -0.39 is 21.6 Å². The molecule has 3 heterocycles. The number of fused-ring (bicyclic) bond motifs is 1. The molecule has 0 saturated carbocycles. The smallest absolute Gasteiger partial charge is 0.309 e. The number of benzene rings is 2. The third-order valence-electron chi connectivity index (χ3n) is 6.62. The highest BCUT2D eigenvalue weighted by Crippen LogP contribution is 2.34. The van der Waals surface area contributed by atoms with Crippen molar-refractivity contribution < 1.29 is 22.3 Å². The maximum atomic E-state index is 15.0. The second-order valence-corrected chi connectivity index (χ2v) is 11.7. The Morgan fingerprint density at radius 3 is 2.63 bits per heavy atom. The molecule has 2 aliphatic rings. The molecule has 2 aliphatic heterocycles. The zero-order chi connectivity index (χ0) is 26.9. The molecule has 0 saturated heterocycles. The van der Waals surface area contributed by atoms with Crippen LogP contribution in [0.4, 0.5) is 21.6 Å². The van der Waals surface area contributed by atoms with Gasteiger partial charge in [-0.15, -0.1) is 0 Å². The summed E-state index contributed by atoms with van der Waals surface area (Å²) < 4.78 is 45.6. The highest BCUT2D eigenvalue weighted by molar-refractivity contribution is 7.91. The molecular formula is C27H26ClFN4O4S. The van der Waals surface area contributed by atoms with E-state index in [9.17, 15) is 17.6 Å². The predicted octanol–water partition coefficient (Wildman–Crippen LogP) is 4.74. The Balaban J connectivity index is 1.47. The Morgan fingerprint density at radius 1 is 1.16 bits per heavy atom. The number of carbonyl (C=O) groups is 1. The average molecular weight is 557 g/mol. The van der Waals surface area contributed by atoms with E-state index >= 15 is 0 Å². The van der Waals surface area contributed by atoms with Gasteiger partial charge in [-0.25, -0.2) is 22.8 Å². The first kappa shape index (κ1) is 26.1. The van der Waals surface area contributed by atoms with Crippen LogP contribution in [-0.2, 0) is 32.2 Å². The number of nitrogens with one attached hydrogen (secondary N) is 1. The number of sulfone groups is 1. The van der Waals surface area contributed by atoms with Crippen molar-refractivity contribution in [2.45, 2.75) is 30.6 Å². The summed E-state index contributed by atoms with van der Waals surface area (Å²) in [7, 11) is -2.37. The van der Waals surface area contributed by atoms with Gasteiger partial charge >= 0.3 is 5.97 Å². The maximum absolute atomic E-state index is 15.0. The number of methoxy groups -OCH3 is 1. The molecule has 1 N–H and O–H groups in total. The molecule has 1 aromatic heterocycles. The molecule has 0 amide bonds. The summed E-state index contributed by atoms with van der Waals surface area (Å²) in [6.45, 7) is 1.36. The van der Waals surface area contributed by atoms with Crippen molar-refractivity contribution in [3.8, 4) is 0 Å². The first-order valence-electron chi connectivity index (χ1n) is 12.2. The molecule has 0 spiro atoms. The van der Waals surface area contributed by atoms with Crippen molar-refractivity contribution in [1.29, 1.82) is 0 Å². The van der Waals surface area contributed by atoms with Gasteiger partial charge in [-0.1, -0.05) is 23.7 Å². The lowest BCUT2D eigenvalue weighted by molar-refractivity contribution is -0.139. The fourth-order valence-corrected chi connectivity index (χ4v) is 6.40. The zero-order valence-corrected chi connectivity index (χ0v) is 22.3. The predicted molar refractivity (Wildman–Crippen MR) is 144 cm³/mol. The number of esters is 1. The molecular weight excluding hydrogens is 531 g/mol. The van der Waals surface area contributed by atoms with Gasteiger partial charge in [-0.3, -0.25) is 4.79 Å². The number of aromatic nitrogens is 2. The molecule has 0 aliphatic carbocycles. The number of rotatable bonds is 6. The Labute approximate surface area is 225 Å². The number of halogens is 2. The van der Waals surface area contributed by atoms with Crippen LogP contribution < -0.4 is 10.2 Å². The van der Waals surface area contributed by atoms with Crippen molar-refractivity contribution in [3.63, 3.8) is 0 Å². The van der Waals surface area contributed by atoms with Gasteiger partial charge in [0.05, 0.1) is 30.7 Å². The molecule has 0 fully saturated rings. The molecule has 0 radical (unpaired) electrons. The molecule has 11 heteroatoms. The molecule has 5 rings (SSSR count). The van der Waals surface area contributed by atoms with Gasteiger partial charge in [0.1, 0.15) is 10.7 Å². The molecule has 0 unspecified atom stereocenters. The summed E-state index contributed by atoms with van der Waals surface area (Å²) in [6, 6.07) is 11.9. The zero-order valence-electron chi connectivity index (χ0n) is 20.7. The second kappa shape index (κ2) is 10.7. The second-order valence-electron chi connectivity index (χ2n) is 9.19. The number of ether oxygens (including phenoxy) is 1. The average Bonchev–Trinajstić information content (AvgIpc) is 2.90. The third-order valence-corrected chi connectivity index (χ3v) is 8.75. The monoisotopic (exact) mass is 556 g/mol. The van der Waals surface area contributed by atoms with Crippen LogP contribution in [0.3, 0.4) is 0 Å². The van der Waals surface area contributed by atoms with Crippen LogP contribution in [-0.4, -0.2) is 50.3 Å². The Hall–Kier alpha value is -3.50. The van der Waals surface area contributed by atoms with Gasteiger partial charge in [0.25, 0.3) is 0 Å². The van der Waals surface area contributed by atoms with Gasteiger partial charge in [0.15, 0.2) is 21.5 Å². The summed E-state index contributed by atoms with van der Waals surface area (Å²) in [5.41, 5.74) is 2.88. The summed E-state index contributed by atoms with van der Waals surface area (Å²) in [4.78, 5) is 23.0. The fraction of sp³-hybridized carbons (Fsp3) is 0.296. The third kappa shape index (κ3) is 5.51. The number of carbonyl (C=O) groups excluding carboxylic acids is 1. The first-order valence-corrected chi connectivity index (χ1v) is 14.2. The minimum absolute atomic E-state index is 0.0172. The Morgan fingerprint density at radius 2 is 1.95 bits per heavy atom. The van der Waals surface area contributed by atoms with Crippen molar-refractivity contribution >= 4 is 50.2 Å². The van der Waals surface area contributed by atoms with E-state index in [1.807, 2.05) is 30.3 Å². The molecule has 38 heavy (non-hydrogen) atoms. The minimum Gasteiger partial charge on any atom is -0.469 e. The van der Waals surface area contributed by atoms with Crippen LogP contribution in [0.15, 0.2) is 53.4 Å². The van der Waals surface area contributed by atoms with Crippen LogP contribution in [0.2, 0.25) is 5.02 Å². The van der Waals surface area contributed by atoms with Crippen molar-refractivity contribution in [3.05, 3.63) is 76.5 Å². The van der Waals surface area contributed by atoms with Gasteiger partial charge in [-0.05, 0) is 66.8 Å². The van der Waals surface area contributed by atoms with Gasteiger partial charge < -0.3 is 15.0 Å². The SMILES string of the molecule is COC(=O)Cc1ccc(Nc2nc(C3=CCN(c4ccc(Cl)cc4)CC3)nc3c2S(=O)(=O)CCC3)c(F)c1. The van der Waals surface area contributed by atoms with Crippen LogP contribution in [0.5, 0.6) is 0 Å². The lowest BCUT2D eigenvalue weighted by Crippen LogP contribution is -2.28. The van der Waals surface area contributed by atoms with E-state index in [2.05, 4.69) is 24.9 Å². The largest absolute Gasteiger partial charge is 0.469 e. The topological polar surface area (TPSA) is 101 Å². The highest BCUT2D eigenvalue weighted by Gasteiger charge is 2.31. The van der Waals surface area contributed by atoms with E-state index in [1.54, 1.807) is 6.07 Å². The first-order chi connectivity index (χ1) is 18.2. The summed E-state index contributed by atoms with van der Waals surface area (Å²) >= 11 is 6.01.